The molecule has 0 saturated carbocycles. The van der Waals surface area contributed by atoms with Crippen LogP contribution in [-0.2, 0) is 14.4 Å². The Hall–Kier alpha value is -1.59. The lowest BCUT2D eigenvalue weighted by Gasteiger charge is -2.23. The first-order valence-electron chi connectivity index (χ1n) is 6.47. The van der Waals surface area contributed by atoms with Crippen molar-refractivity contribution in [2.75, 3.05) is 0 Å². The maximum atomic E-state index is 11.9. The molecule has 2 amide bonds. The molecule has 2 unspecified atom stereocenters. The van der Waals surface area contributed by atoms with Crippen molar-refractivity contribution in [3.05, 3.63) is 0 Å². The van der Waals surface area contributed by atoms with Gasteiger partial charge in [-0.05, 0) is 18.8 Å². The molecule has 0 fully saturated rings. The van der Waals surface area contributed by atoms with E-state index in [2.05, 4.69) is 10.6 Å². The predicted molar refractivity (Wildman–Crippen MR) is 71.5 cm³/mol. The van der Waals surface area contributed by atoms with E-state index in [1.807, 2.05) is 13.8 Å². The minimum absolute atomic E-state index is 0.114. The van der Waals surface area contributed by atoms with E-state index < -0.39 is 24.0 Å². The average molecular weight is 272 g/mol. The van der Waals surface area contributed by atoms with Gasteiger partial charge in [-0.25, -0.2) is 0 Å². The van der Waals surface area contributed by atoms with Crippen LogP contribution in [-0.4, -0.2) is 35.0 Å². The van der Waals surface area contributed by atoms with E-state index in [0.717, 1.165) is 0 Å². The molecule has 0 rings (SSSR count). The molecule has 2 atom stereocenters. The van der Waals surface area contributed by atoms with Crippen molar-refractivity contribution in [1.29, 1.82) is 0 Å². The van der Waals surface area contributed by atoms with Crippen molar-refractivity contribution < 1.29 is 19.5 Å². The summed E-state index contributed by atoms with van der Waals surface area (Å²) in [5.41, 5.74) is 0. The third kappa shape index (κ3) is 6.79. The third-order valence-electron chi connectivity index (χ3n) is 2.59. The molecule has 0 aliphatic rings. The monoisotopic (exact) mass is 272 g/mol. The normalized spacial score (nSPS) is 14.1. The summed E-state index contributed by atoms with van der Waals surface area (Å²) in [5, 5.41) is 13.8. The first-order chi connectivity index (χ1) is 8.65. The highest BCUT2D eigenvalue weighted by molar-refractivity contribution is 5.90. The Labute approximate surface area is 113 Å². The quantitative estimate of drug-likeness (QED) is 0.637. The number of nitrogens with one attached hydrogen (secondary N) is 2. The molecule has 3 N–H and O–H groups in total. The zero-order valence-corrected chi connectivity index (χ0v) is 12.2. The second kappa shape index (κ2) is 7.76. The number of aliphatic carboxylic acids is 1. The second-order valence-corrected chi connectivity index (χ2v) is 5.46. The van der Waals surface area contributed by atoms with Gasteiger partial charge in [-0.2, -0.15) is 0 Å². The van der Waals surface area contributed by atoms with Crippen molar-refractivity contribution >= 4 is 17.8 Å². The molecule has 0 aliphatic heterocycles. The molecule has 0 spiro atoms. The van der Waals surface area contributed by atoms with E-state index in [9.17, 15) is 14.4 Å². The van der Waals surface area contributed by atoms with Gasteiger partial charge < -0.3 is 15.7 Å². The highest BCUT2D eigenvalue weighted by atomic mass is 16.4. The van der Waals surface area contributed by atoms with E-state index in [1.54, 1.807) is 13.8 Å². The van der Waals surface area contributed by atoms with E-state index >= 15 is 0 Å². The van der Waals surface area contributed by atoms with E-state index in [-0.39, 0.29) is 17.7 Å². The Balaban J connectivity index is 4.60. The number of carbonyl (C=O) groups is 3. The maximum Gasteiger partial charge on any atom is 0.325 e. The average Bonchev–Trinajstić information content (AvgIpc) is 2.23. The van der Waals surface area contributed by atoms with E-state index in [4.69, 9.17) is 5.11 Å². The summed E-state index contributed by atoms with van der Waals surface area (Å²) >= 11 is 0. The number of rotatable bonds is 7. The number of carboxylic acids is 1. The molecular formula is C13H24N2O4. The Morgan fingerprint density at radius 1 is 1.00 bits per heavy atom. The second-order valence-electron chi connectivity index (χ2n) is 5.46. The molecule has 0 saturated heterocycles. The van der Waals surface area contributed by atoms with Crippen LogP contribution in [0.1, 0.15) is 41.0 Å². The van der Waals surface area contributed by atoms with Crippen molar-refractivity contribution in [2.45, 2.75) is 53.1 Å². The van der Waals surface area contributed by atoms with Gasteiger partial charge in [-0.1, -0.05) is 27.7 Å². The number of amides is 2. The molecule has 6 heteroatoms. The Morgan fingerprint density at radius 2 is 1.53 bits per heavy atom. The van der Waals surface area contributed by atoms with Gasteiger partial charge in [0, 0.05) is 6.42 Å². The van der Waals surface area contributed by atoms with Gasteiger partial charge in [-0.3, -0.25) is 14.4 Å². The molecule has 0 aromatic carbocycles. The summed E-state index contributed by atoms with van der Waals surface area (Å²) in [6.45, 7) is 8.80. The van der Waals surface area contributed by atoms with Crippen LogP contribution in [0.5, 0.6) is 0 Å². The lowest BCUT2D eigenvalue weighted by Crippen LogP contribution is -2.53. The predicted octanol–water partition coefficient (Wildman–Crippen LogP) is 0.763. The van der Waals surface area contributed by atoms with E-state index in [1.165, 1.54) is 6.92 Å². The van der Waals surface area contributed by atoms with Crippen molar-refractivity contribution in [1.82, 2.24) is 10.6 Å². The maximum absolute atomic E-state index is 11.9. The van der Waals surface area contributed by atoms with Crippen LogP contribution in [0.4, 0.5) is 0 Å². The molecular weight excluding hydrogens is 248 g/mol. The molecule has 19 heavy (non-hydrogen) atoms. The largest absolute Gasteiger partial charge is 0.480 e. The summed E-state index contributed by atoms with van der Waals surface area (Å²) in [4.78, 5) is 34.3. The van der Waals surface area contributed by atoms with Crippen LogP contribution in [0.3, 0.4) is 0 Å². The number of hydrogen-bond donors (Lipinski definition) is 3. The molecule has 110 valence electrons. The van der Waals surface area contributed by atoms with Crippen LogP contribution in [0.25, 0.3) is 0 Å². The SMILES string of the molecule is CC(C)CC(=O)NC(C(=O)NC(C)C(=O)O)C(C)C. The lowest BCUT2D eigenvalue weighted by atomic mass is 10.0. The highest BCUT2D eigenvalue weighted by Gasteiger charge is 2.26. The lowest BCUT2D eigenvalue weighted by molar-refractivity contribution is -0.142. The molecule has 0 aromatic heterocycles. The third-order valence-corrected chi connectivity index (χ3v) is 2.59. The van der Waals surface area contributed by atoms with Crippen molar-refractivity contribution in [3.63, 3.8) is 0 Å². The van der Waals surface area contributed by atoms with Gasteiger partial charge in [-0.15, -0.1) is 0 Å². The zero-order chi connectivity index (χ0) is 15.2. The molecule has 0 aromatic rings. The number of carbonyl (C=O) groups excluding carboxylic acids is 2. The summed E-state index contributed by atoms with van der Waals surface area (Å²) < 4.78 is 0. The summed E-state index contributed by atoms with van der Waals surface area (Å²) in [6, 6.07) is -1.69. The van der Waals surface area contributed by atoms with Crippen LogP contribution in [0, 0.1) is 11.8 Å². The van der Waals surface area contributed by atoms with Crippen molar-refractivity contribution in [2.24, 2.45) is 11.8 Å². The topological polar surface area (TPSA) is 95.5 Å². The summed E-state index contributed by atoms with van der Waals surface area (Å²) in [7, 11) is 0. The molecule has 0 bridgehead atoms. The van der Waals surface area contributed by atoms with Crippen molar-refractivity contribution in [3.8, 4) is 0 Å². The fraction of sp³-hybridized carbons (Fsp3) is 0.769. The minimum Gasteiger partial charge on any atom is -0.480 e. The van der Waals surface area contributed by atoms with Crippen LogP contribution < -0.4 is 10.6 Å². The van der Waals surface area contributed by atoms with Crippen LogP contribution in [0.2, 0.25) is 0 Å². The van der Waals surface area contributed by atoms with Gasteiger partial charge >= 0.3 is 5.97 Å². The van der Waals surface area contributed by atoms with Gasteiger partial charge in [0.1, 0.15) is 12.1 Å². The van der Waals surface area contributed by atoms with Gasteiger partial charge in [0.05, 0.1) is 0 Å². The van der Waals surface area contributed by atoms with E-state index in [0.29, 0.717) is 6.42 Å². The molecule has 0 radical (unpaired) electrons. The van der Waals surface area contributed by atoms with Crippen LogP contribution >= 0.6 is 0 Å². The summed E-state index contributed by atoms with van der Waals surface area (Å²) in [5.74, 6) is -1.69. The Bertz CT molecular complexity index is 340. The first kappa shape index (κ1) is 17.4. The molecule has 0 aliphatic carbocycles. The Morgan fingerprint density at radius 3 is 1.89 bits per heavy atom. The zero-order valence-electron chi connectivity index (χ0n) is 12.2. The molecule has 0 heterocycles. The minimum atomic E-state index is -1.11. The summed E-state index contributed by atoms with van der Waals surface area (Å²) in [6.07, 6.45) is 0.338. The fourth-order valence-electron chi connectivity index (χ4n) is 1.50. The number of carboxylic acid groups (broad SMARTS) is 1. The first-order valence-corrected chi connectivity index (χ1v) is 6.47. The van der Waals surface area contributed by atoms with Gasteiger partial charge in [0.25, 0.3) is 0 Å². The van der Waals surface area contributed by atoms with Gasteiger partial charge in [0.15, 0.2) is 0 Å². The fourth-order valence-corrected chi connectivity index (χ4v) is 1.50. The van der Waals surface area contributed by atoms with Crippen LogP contribution in [0.15, 0.2) is 0 Å². The van der Waals surface area contributed by atoms with Gasteiger partial charge in [0.2, 0.25) is 11.8 Å². The number of hydrogen-bond acceptors (Lipinski definition) is 3. The smallest absolute Gasteiger partial charge is 0.325 e. The standard InChI is InChI=1S/C13H24N2O4/c1-7(2)6-10(16)15-11(8(3)4)12(17)14-9(5)13(18)19/h7-9,11H,6H2,1-5H3,(H,14,17)(H,15,16)(H,18,19). The highest BCUT2D eigenvalue weighted by Crippen LogP contribution is 2.05. The Kier molecular flexibility index (Phi) is 7.11. The molecule has 6 nitrogen and oxygen atoms in total.